The van der Waals surface area contributed by atoms with Crippen LogP contribution < -0.4 is 20.5 Å². The zero-order valence-corrected chi connectivity index (χ0v) is 11.6. The lowest BCUT2D eigenvalue weighted by atomic mass is 10.3. The second-order valence-corrected chi connectivity index (χ2v) is 3.96. The van der Waals surface area contributed by atoms with E-state index in [4.69, 9.17) is 15.2 Å². The van der Waals surface area contributed by atoms with Gasteiger partial charge in [0, 0.05) is 11.8 Å². The molecular formula is C14H18N4O2. The van der Waals surface area contributed by atoms with Gasteiger partial charge in [-0.3, -0.25) is 0 Å². The summed E-state index contributed by atoms with van der Waals surface area (Å²) in [5.41, 5.74) is 7.19. The normalized spacial score (nSPS) is 10.1. The molecule has 2 rings (SSSR count). The molecule has 1 aromatic carbocycles. The minimum absolute atomic E-state index is 0.381. The summed E-state index contributed by atoms with van der Waals surface area (Å²) < 4.78 is 10.8. The highest BCUT2D eigenvalue weighted by molar-refractivity contribution is 5.72. The molecule has 3 N–H and O–H groups in total. The van der Waals surface area contributed by atoms with Crippen LogP contribution in [0.2, 0.25) is 0 Å². The van der Waals surface area contributed by atoms with Gasteiger partial charge in [-0.15, -0.1) is 0 Å². The summed E-state index contributed by atoms with van der Waals surface area (Å²) in [6.07, 6.45) is 1.41. The molecule has 0 saturated heterocycles. The zero-order valence-electron chi connectivity index (χ0n) is 11.6. The van der Waals surface area contributed by atoms with Gasteiger partial charge in [0.25, 0.3) is 0 Å². The highest BCUT2D eigenvalue weighted by Crippen LogP contribution is 2.28. The van der Waals surface area contributed by atoms with Crippen molar-refractivity contribution in [3.63, 3.8) is 0 Å². The first-order valence-electron chi connectivity index (χ1n) is 6.47. The topological polar surface area (TPSA) is 82.3 Å². The number of nitrogen functional groups attached to an aromatic ring is 1. The second kappa shape index (κ2) is 6.60. The zero-order chi connectivity index (χ0) is 14.4. The molecule has 0 bridgehead atoms. The lowest BCUT2D eigenvalue weighted by Crippen LogP contribution is -2.05. The average molecular weight is 274 g/mol. The number of benzene rings is 1. The molecule has 0 spiro atoms. The van der Waals surface area contributed by atoms with Crippen molar-refractivity contribution < 1.29 is 9.47 Å². The van der Waals surface area contributed by atoms with Gasteiger partial charge in [-0.2, -0.15) is 4.98 Å². The minimum Gasteiger partial charge on any atom is -0.494 e. The van der Waals surface area contributed by atoms with Crippen molar-refractivity contribution in [1.82, 2.24) is 9.97 Å². The molecule has 0 radical (unpaired) electrons. The third kappa shape index (κ3) is 3.28. The van der Waals surface area contributed by atoms with Gasteiger partial charge in [0.2, 0.25) is 5.88 Å². The Hall–Kier alpha value is -2.50. The van der Waals surface area contributed by atoms with E-state index in [1.807, 2.05) is 38.1 Å². The summed E-state index contributed by atoms with van der Waals surface area (Å²) in [6, 6.07) is 7.58. The number of ether oxygens (including phenoxy) is 2. The number of rotatable bonds is 6. The summed E-state index contributed by atoms with van der Waals surface area (Å²) in [6.45, 7) is 4.94. The number of aromatic nitrogens is 2. The van der Waals surface area contributed by atoms with Crippen LogP contribution in [-0.4, -0.2) is 23.2 Å². The monoisotopic (exact) mass is 274 g/mol. The van der Waals surface area contributed by atoms with E-state index in [1.165, 1.54) is 6.33 Å². The van der Waals surface area contributed by atoms with Crippen LogP contribution in [0.4, 0.5) is 17.2 Å². The van der Waals surface area contributed by atoms with Crippen molar-refractivity contribution in [2.75, 3.05) is 24.3 Å². The molecule has 0 aliphatic rings. The highest BCUT2D eigenvalue weighted by atomic mass is 16.5. The van der Waals surface area contributed by atoms with Crippen molar-refractivity contribution >= 4 is 17.2 Å². The Morgan fingerprint density at radius 2 is 1.95 bits per heavy atom. The molecule has 2 aromatic rings. The summed E-state index contributed by atoms with van der Waals surface area (Å²) in [4.78, 5) is 8.12. The van der Waals surface area contributed by atoms with Crippen LogP contribution in [0.3, 0.4) is 0 Å². The molecule has 0 aliphatic heterocycles. The Balaban J connectivity index is 2.21. The van der Waals surface area contributed by atoms with Gasteiger partial charge < -0.3 is 20.5 Å². The number of hydrogen-bond acceptors (Lipinski definition) is 6. The maximum atomic E-state index is 5.97. The van der Waals surface area contributed by atoms with Gasteiger partial charge in [0.1, 0.15) is 17.8 Å². The first-order valence-corrected chi connectivity index (χ1v) is 6.47. The van der Waals surface area contributed by atoms with E-state index in [0.29, 0.717) is 30.6 Å². The van der Waals surface area contributed by atoms with E-state index < -0.39 is 0 Å². The molecule has 1 aromatic heterocycles. The van der Waals surface area contributed by atoms with Gasteiger partial charge in [-0.1, -0.05) is 6.07 Å². The molecule has 106 valence electrons. The van der Waals surface area contributed by atoms with Gasteiger partial charge in [-0.25, -0.2) is 4.98 Å². The molecule has 0 saturated carbocycles. The largest absolute Gasteiger partial charge is 0.494 e. The predicted octanol–water partition coefficient (Wildman–Crippen LogP) is 2.60. The van der Waals surface area contributed by atoms with Crippen LogP contribution in [0, 0.1) is 0 Å². The molecule has 0 fully saturated rings. The van der Waals surface area contributed by atoms with Crippen LogP contribution in [0.15, 0.2) is 30.6 Å². The summed E-state index contributed by atoms with van der Waals surface area (Å²) in [7, 11) is 0. The third-order valence-electron chi connectivity index (χ3n) is 2.54. The molecule has 0 atom stereocenters. The van der Waals surface area contributed by atoms with Gasteiger partial charge in [0.05, 0.1) is 13.2 Å². The van der Waals surface area contributed by atoms with Crippen molar-refractivity contribution in [1.29, 1.82) is 0 Å². The lowest BCUT2D eigenvalue weighted by molar-refractivity contribution is 0.328. The number of nitrogens with one attached hydrogen (secondary N) is 1. The molecule has 0 amide bonds. The molecule has 0 aliphatic carbocycles. The molecular weight excluding hydrogens is 256 g/mol. The van der Waals surface area contributed by atoms with E-state index in [-0.39, 0.29) is 0 Å². The van der Waals surface area contributed by atoms with Gasteiger partial charge >= 0.3 is 0 Å². The van der Waals surface area contributed by atoms with E-state index in [2.05, 4.69) is 15.3 Å². The number of nitrogens with zero attached hydrogens (tertiary/aromatic N) is 2. The Bertz CT molecular complexity index is 575. The fourth-order valence-corrected chi connectivity index (χ4v) is 1.70. The van der Waals surface area contributed by atoms with E-state index in [0.717, 1.165) is 11.4 Å². The standard InChI is InChI=1S/C14H18N4O2/c1-3-19-11-7-5-6-10(8-11)18-13-12(15)14(20-4-2)17-9-16-13/h5-9H,3-4,15H2,1-2H3,(H,16,17,18). The first kappa shape index (κ1) is 13.9. The van der Waals surface area contributed by atoms with Crippen molar-refractivity contribution in [3.05, 3.63) is 30.6 Å². The van der Waals surface area contributed by atoms with Gasteiger partial charge in [-0.05, 0) is 26.0 Å². The summed E-state index contributed by atoms with van der Waals surface area (Å²) in [5.74, 6) is 1.68. The van der Waals surface area contributed by atoms with Crippen molar-refractivity contribution in [3.8, 4) is 11.6 Å². The molecule has 6 nitrogen and oxygen atoms in total. The van der Waals surface area contributed by atoms with E-state index in [1.54, 1.807) is 0 Å². The molecule has 0 unspecified atom stereocenters. The summed E-state index contributed by atoms with van der Waals surface area (Å²) in [5, 5.41) is 3.13. The molecule has 6 heteroatoms. The Morgan fingerprint density at radius 1 is 1.15 bits per heavy atom. The maximum Gasteiger partial charge on any atom is 0.242 e. The summed E-state index contributed by atoms with van der Waals surface area (Å²) >= 11 is 0. The maximum absolute atomic E-state index is 5.97. The number of hydrogen-bond donors (Lipinski definition) is 2. The SMILES string of the molecule is CCOc1cccc(Nc2ncnc(OCC)c2N)c1. The highest BCUT2D eigenvalue weighted by Gasteiger charge is 2.09. The second-order valence-electron chi connectivity index (χ2n) is 3.96. The molecule has 20 heavy (non-hydrogen) atoms. The smallest absolute Gasteiger partial charge is 0.242 e. The number of nitrogens with two attached hydrogens (primary N) is 1. The Morgan fingerprint density at radius 3 is 2.70 bits per heavy atom. The van der Waals surface area contributed by atoms with E-state index in [9.17, 15) is 0 Å². The quantitative estimate of drug-likeness (QED) is 0.842. The average Bonchev–Trinajstić information content (AvgIpc) is 2.44. The Kier molecular flexibility index (Phi) is 4.60. The van der Waals surface area contributed by atoms with Crippen LogP contribution in [-0.2, 0) is 0 Å². The third-order valence-corrected chi connectivity index (χ3v) is 2.54. The minimum atomic E-state index is 0.381. The van der Waals surface area contributed by atoms with Crippen molar-refractivity contribution in [2.45, 2.75) is 13.8 Å². The van der Waals surface area contributed by atoms with Crippen LogP contribution >= 0.6 is 0 Å². The fraction of sp³-hybridized carbons (Fsp3) is 0.286. The van der Waals surface area contributed by atoms with Crippen LogP contribution in [0.5, 0.6) is 11.6 Å². The van der Waals surface area contributed by atoms with Crippen LogP contribution in [0.1, 0.15) is 13.8 Å². The van der Waals surface area contributed by atoms with E-state index >= 15 is 0 Å². The fourth-order valence-electron chi connectivity index (χ4n) is 1.70. The first-order chi connectivity index (χ1) is 9.74. The predicted molar refractivity (Wildman–Crippen MR) is 78.5 cm³/mol. The number of anilines is 3. The lowest BCUT2D eigenvalue weighted by Gasteiger charge is -2.12. The van der Waals surface area contributed by atoms with Crippen molar-refractivity contribution in [2.24, 2.45) is 0 Å². The van der Waals surface area contributed by atoms with Crippen LogP contribution in [0.25, 0.3) is 0 Å². The Labute approximate surface area is 118 Å². The van der Waals surface area contributed by atoms with Gasteiger partial charge in [0.15, 0.2) is 5.82 Å². The molecule has 1 heterocycles.